The molecule has 0 saturated carbocycles. The van der Waals surface area contributed by atoms with Crippen molar-refractivity contribution in [3.8, 4) is 0 Å². The van der Waals surface area contributed by atoms with E-state index in [4.69, 9.17) is 11.6 Å². The minimum Gasteiger partial charge on any atom is -0.310 e. The number of hydrogen-bond donors (Lipinski definition) is 1. The topological polar surface area (TPSA) is 24.9 Å². The molecule has 2 aromatic rings. The van der Waals surface area contributed by atoms with E-state index in [1.165, 1.54) is 15.4 Å². The Balaban J connectivity index is 2.19. The van der Waals surface area contributed by atoms with E-state index in [9.17, 15) is 0 Å². The highest BCUT2D eigenvalue weighted by molar-refractivity contribution is 7.99. The highest BCUT2D eigenvalue weighted by atomic mass is 35.5. The third-order valence-electron chi connectivity index (χ3n) is 2.60. The number of pyridine rings is 1. The zero-order chi connectivity index (χ0) is 13.7. The van der Waals surface area contributed by atoms with E-state index >= 15 is 0 Å². The van der Waals surface area contributed by atoms with Crippen LogP contribution in [-0.2, 0) is 6.54 Å². The molecule has 2 nitrogen and oxygen atoms in total. The summed E-state index contributed by atoms with van der Waals surface area (Å²) in [4.78, 5) is 6.45. The third kappa shape index (κ3) is 4.53. The summed E-state index contributed by atoms with van der Waals surface area (Å²) in [6.07, 6.45) is 3.62. The largest absolute Gasteiger partial charge is 0.310 e. The average Bonchev–Trinajstić information content (AvgIpc) is 2.40. The van der Waals surface area contributed by atoms with Crippen molar-refractivity contribution < 1.29 is 0 Å². The molecule has 4 heteroatoms. The van der Waals surface area contributed by atoms with Crippen molar-refractivity contribution in [3.05, 3.63) is 53.3 Å². The summed E-state index contributed by atoms with van der Waals surface area (Å²) in [5.74, 6) is 0. The van der Waals surface area contributed by atoms with Crippen LogP contribution < -0.4 is 5.32 Å². The summed E-state index contributed by atoms with van der Waals surface area (Å²) >= 11 is 7.82. The van der Waals surface area contributed by atoms with Gasteiger partial charge in [-0.2, -0.15) is 0 Å². The maximum atomic E-state index is 6.09. The van der Waals surface area contributed by atoms with Gasteiger partial charge in [0.1, 0.15) is 0 Å². The van der Waals surface area contributed by atoms with Crippen molar-refractivity contribution in [2.75, 3.05) is 0 Å². The first kappa shape index (κ1) is 14.4. The summed E-state index contributed by atoms with van der Waals surface area (Å²) in [7, 11) is 0. The molecular weight excluding hydrogens is 276 g/mol. The van der Waals surface area contributed by atoms with Gasteiger partial charge in [0.05, 0.1) is 0 Å². The van der Waals surface area contributed by atoms with Crippen LogP contribution in [0.1, 0.15) is 19.4 Å². The van der Waals surface area contributed by atoms with E-state index in [0.29, 0.717) is 6.04 Å². The molecule has 2 rings (SSSR count). The van der Waals surface area contributed by atoms with Crippen LogP contribution in [-0.4, -0.2) is 11.0 Å². The molecule has 100 valence electrons. The SMILES string of the molecule is CC(C)NCc1cc(Cl)ccc1Sc1ccncc1. The fourth-order valence-electron chi connectivity index (χ4n) is 1.63. The van der Waals surface area contributed by atoms with Gasteiger partial charge in [0.25, 0.3) is 0 Å². The Bertz CT molecular complexity index is 529. The zero-order valence-corrected chi connectivity index (χ0v) is 12.6. The van der Waals surface area contributed by atoms with Crippen LogP contribution >= 0.6 is 23.4 Å². The highest BCUT2D eigenvalue weighted by Crippen LogP contribution is 2.31. The molecule has 1 N–H and O–H groups in total. The number of halogens is 1. The Kier molecular flexibility index (Phi) is 5.25. The molecule has 0 aliphatic rings. The molecule has 0 spiro atoms. The average molecular weight is 293 g/mol. The van der Waals surface area contributed by atoms with Crippen LogP contribution in [0.4, 0.5) is 0 Å². The quantitative estimate of drug-likeness (QED) is 0.885. The lowest BCUT2D eigenvalue weighted by atomic mass is 10.2. The molecule has 1 heterocycles. The van der Waals surface area contributed by atoms with E-state index in [-0.39, 0.29) is 0 Å². The molecule has 0 aliphatic carbocycles. The molecule has 19 heavy (non-hydrogen) atoms. The normalized spacial score (nSPS) is 10.9. The minimum absolute atomic E-state index is 0.456. The van der Waals surface area contributed by atoms with E-state index in [1.807, 2.05) is 36.7 Å². The monoisotopic (exact) mass is 292 g/mol. The Morgan fingerprint density at radius 3 is 2.63 bits per heavy atom. The lowest BCUT2D eigenvalue weighted by molar-refractivity contribution is 0.585. The first-order valence-electron chi connectivity index (χ1n) is 6.25. The van der Waals surface area contributed by atoms with Crippen LogP contribution in [0, 0.1) is 0 Å². The molecule has 0 atom stereocenters. The van der Waals surface area contributed by atoms with E-state index < -0.39 is 0 Å². The number of hydrogen-bond acceptors (Lipinski definition) is 3. The maximum absolute atomic E-state index is 6.09. The van der Waals surface area contributed by atoms with E-state index in [2.05, 4.69) is 30.2 Å². The standard InChI is InChI=1S/C15H17ClN2S/c1-11(2)18-10-12-9-13(16)3-4-15(12)19-14-5-7-17-8-6-14/h3-9,11,18H,10H2,1-2H3. The van der Waals surface area contributed by atoms with Crippen molar-refractivity contribution in [1.29, 1.82) is 0 Å². The second-order valence-electron chi connectivity index (χ2n) is 4.57. The van der Waals surface area contributed by atoms with Crippen LogP contribution in [0.3, 0.4) is 0 Å². The van der Waals surface area contributed by atoms with Crippen molar-refractivity contribution in [1.82, 2.24) is 10.3 Å². The summed E-state index contributed by atoms with van der Waals surface area (Å²) < 4.78 is 0. The van der Waals surface area contributed by atoms with Crippen molar-refractivity contribution in [3.63, 3.8) is 0 Å². The van der Waals surface area contributed by atoms with Gasteiger partial charge < -0.3 is 5.32 Å². The smallest absolute Gasteiger partial charge is 0.0410 e. The van der Waals surface area contributed by atoms with Gasteiger partial charge in [0, 0.05) is 39.8 Å². The Hall–Kier alpha value is -1.03. The molecule has 0 amide bonds. The predicted octanol–water partition coefficient (Wildman–Crippen LogP) is 4.38. The second kappa shape index (κ2) is 6.94. The molecular formula is C15H17ClN2S. The lowest BCUT2D eigenvalue weighted by Gasteiger charge is -2.12. The number of nitrogens with zero attached hydrogens (tertiary/aromatic N) is 1. The van der Waals surface area contributed by atoms with Gasteiger partial charge in [-0.1, -0.05) is 37.2 Å². The van der Waals surface area contributed by atoms with Crippen LogP contribution in [0.15, 0.2) is 52.5 Å². The van der Waals surface area contributed by atoms with Crippen LogP contribution in [0.2, 0.25) is 5.02 Å². The first-order chi connectivity index (χ1) is 9.15. The zero-order valence-electron chi connectivity index (χ0n) is 11.1. The van der Waals surface area contributed by atoms with Gasteiger partial charge in [-0.25, -0.2) is 0 Å². The fraction of sp³-hybridized carbons (Fsp3) is 0.267. The molecule has 0 aliphatic heterocycles. The van der Waals surface area contributed by atoms with Gasteiger partial charge >= 0.3 is 0 Å². The molecule has 1 aromatic carbocycles. The first-order valence-corrected chi connectivity index (χ1v) is 7.44. The van der Waals surface area contributed by atoms with Gasteiger partial charge in [-0.05, 0) is 35.9 Å². The summed E-state index contributed by atoms with van der Waals surface area (Å²) in [5.41, 5.74) is 1.23. The van der Waals surface area contributed by atoms with Gasteiger partial charge in [0.2, 0.25) is 0 Å². The number of nitrogens with one attached hydrogen (secondary N) is 1. The highest BCUT2D eigenvalue weighted by Gasteiger charge is 2.06. The lowest BCUT2D eigenvalue weighted by Crippen LogP contribution is -2.22. The van der Waals surface area contributed by atoms with E-state index in [1.54, 1.807) is 11.8 Å². The molecule has 0 saturated heterocycles. The summed E-state index contributed by atoms with van der Waals surface area (Å²) in [6, 6.07) is 10.5. The Labute approximate surface area is 123 Å². The number of benzene rings is 1. The van der Waals surface area contributed by atoms with Crippen molar-refractivity contribution in [2.45, 2.75) is 36.2 Å². The second-order valence-corrected chi connectivity index (χ2v) is 6.12. The van der Waals surface area contributed by atoms with Crippen molar-refractivity contribution >= 4 is 23.4 Å². The third-order valence-corrected chi connectivity index (χ3v) is 3.96. The maximum Gasteiger partial charge on any atom is 0.0410 e. The summed E-state index contributed by atoms with van der Waals surface area (Å²) in [6.45, 7) is 5.10. The van der Waals surface area contributed by atoms with Gasteiger partial charge in [0.15, 0.2) is 0 Å². The fourth-order valence-corrected chi connectivity index (χ4v) is 2.74. The Morgan fingerprint density at radius 1 is 1.21 bits per heavy atom. The van der Waals surface area contributed by atoms with E-state index in [0.717, 1.165) is 11.6 Å². The minimum atomic E-state index is 0.456. The molecule has 0 bridgehead atoms. The molecule has 1 aromatic heterocycles. The van der Waals surface area contributed by atoms with Crippen molar-refractivity contribution in [2.24, 2.45) is 0 Å². The molecule has 0 radical (unpaired) electrons. The number of rotatable bonds is 5. The van der Waals surface area contributed by atoms with Crippen LogP contribution in [0.25, 0.3) is 0 Å². The van der Waals surface area contributed by atoms with Gasteiger partial charge in [-0.3, -0.25) is 4.98 Å². The van der Waals surface area contributed by atoms with Gasteiger partial charge in [-0.15, -0.1) is 0 Å². The Morgan fingerprint density at radius 2 is 1.95 bits per heavy atom. The molecule has 0 fully saturated rings. The number of aromatic nitrogens is 1. The molecule has 0 unspecified atom stereocenters. The predicted molar refractivity (Wildman–Crippen MR) is 81.8 cm³/mol. The summed E-state index contributed by atoms with van der Waals surface area (Å²) in [5, 5.41) is 4.21. The van der Waals surface area contributed by atoms with Crippen LogP contribution in [0.5, 0.6) is 0 Å².